The lowest BCUT2D eigenvalue weighted by Crippen LogP contribution is -2.52. The van der Waals surface area contributed by atoms with Crippen LogP contribution in [-0.2, 0) is 13.1 Å². The normalized spacial score (nSPS) is 24.1. The molecular weight excluding hydrogens is 358 g/mol. The van der Waals surface area contributed by atoms with Crippen LogP contribution in [-0.4, -0.2) is 36.0 Å². The van der Waals surface area contributed by atoms with Crippen LogP contribution < -0.4 is 10.6 Å². The molecule has 4 rings (SSSR count). The average molecular weight is 388 g/mol. The Morgan fingerprint density at radius 3 is 2.34 bits per heavy atom. The van der Waals surface area contributed by atoms with Gasteiger partial charge in [0.05, 0.1) is 11.6 Å². The van der Waals surface area contributed by atoms with Gasteiger partial charge < -0.3 is 10.6 Å². The van der Waals surface area contributed by atoms with E-state index in [-0.39, 0.29) is 0 Å². The summed E-state index contributed by atoms with van der Waals surface area (Å²) in [6.45, 7) is 1.76. The van der Waals surface area contributed by atoms with Crippen LogP contribution in [0.15, 0.2) is 59.6 Å². The zero-order valence-corrected chi connectivity index (χ0v) is 17.0. The molecule has 2 aromatic rings. The van der Waals surface area contributed by atoms with E-state index in [1.165, 1.54) is 31.2 Å². The highest BCUT2D eigenvalue weighted by Gasteiger charge is 2.40. The van der Waals surface area contributed by atoms with E-state index in [9.17, 15) is 0 Å². The maximum absolute atomic E-state index is 8.92. The molecule has 0 aromatic heterocycles. The maximum Gasteiger partial charge on any atom is 0.191 e. The van der Waals surface area contributed by atoms with Crippen LogP contribution in [0.3, 0.4) is 0 Å². The predicted molar refractivity (Wildman–Crippen MR) is 116 cm³/mol. The van der Waals surface area contributed by atoms with Gasteiger partial charge in [0.15, 0.2) is 5.96 Å². The highest BCUT2D eigenvalue weighted by molar-refractivity contribution is 5.80. The molecule has 0 amide bonds. The molecule has 5 nitrogen and oxygen atoms in total. The molecular formula is C24H29N5. The van der Waals surface area contributed by atoms with Crippen LogP contribution >= 0.6 is 0 Å². The number of rotatable bonds is 5. The number of nitrogens with one attached hydrogen (secondary N) is 2. The molecule has 0 radical (unpaired) electrons. The first-order valence-corrected chi connectivity index (χ1v) is 10.5. The molecule has 2 fully saturated rings. The van der Waals surface area contributed by atoms with E-state index in [2.05, 4.69) is 56.9 Å². The molecule has 5 heteroatoms. The largest absolute Gasteiger partial charge is 0.354 e. The third-order valence-corrected chi connectivity index (χ3v) is 6.20. The first kappa shape index (κ1) is 19.5. The molecule has 2 aliphatic rings. The second-order valence-electron chi connectivity index (χ2n) is 8.09. The third kappa shape index (κ3) is 4.78. The van der Waals surface area contributed by atoms with E-state index >= 15 is 0 Å². The zero-order valence-electron chi connectivity index (χ0n) is 17.0. The number of fused-ring (bicyclic) bond motifs is 2. The zero-order chi connectivity index (χ0) is 20.1. The van der Waals surface area contributed by atoms with Crippen molar-refractivity contribution < 1.29 is 0 Å². The van der Waals surface area contributed by atoms with Crippen molar-refractivity contribution in [1.29, 1.82) is 5.26 Å². The Bertz CT molecular complexity index is 854. The van der Waals surface area contributed by atoms with Gasteiger partial charge in [-0.1, -0.05) is 42.5 Å². The lowest BCUT2D eigenvalue weighted by Gasteiger charge is -2.39. The number of nitriles is 1. The summed E-state index contributed by atoms with van der Waals surface area (Å²) in [7, 11) is 1.83. The van der Waals surface area contributed by atoms with E-state index in [0.717, 1.165) is 18.1 Å². The van der Waals surface area contributed by atoms with Crippen molar-refractivity contribution in [2.45, 2.75) is 56.9 Å². The minimum atomic E-state index is 0.465. The fourth-order valence-electron chi connectivity index (χ4n) is 4.72. The minimum Gasteiger partial charge on any atom is -0.354 e. The molecule has 2 heterocycles. The molecule has 2 unspecified atom stereocenters. The Hall–Kier alpha value is -2.84. The van der Waals surface area contributed by atoms with E-state index < -0.39 is 0 Å². The molecule has 0 spiro atoms. The Kier molecular flexibility index (Phi) is 6.12. The second kappa shape index (κ2) is 9.11. The van der Waals surface area contributed by atoms with Crippen molar-refractivity contribution in [2.75, 3.05) is 7.05 Å². The number of hydrogen-bond donors (Lipinski definition) is 2. The Morgan fingerprint density at radius 2 is 1.72 bits per heavy atom. The highest BCUT2D eigenvalue weighted by Crippen LogP contribution is 2.36. The Balaban J connectivity index is 1.30. The summed E-state index contributed by atoms with van der Waals surface area (Å²) in [5, 5.41) is 16.0. The van der Waals surface area contributed by atoms with Crippen LogP contribution in [0.4, 0.5) is 0 Å². The molecule has 2 saturated heterocycles. The molecule has 0 saturated carbocycles. The van der Waals surface area contributed by atoms with Gasteiger partial charge in [-0.25, -0.2) is 0 Å². The molecule has 2 aliphatic heterocycles. The number of nitrogens with zero attached hydrogens (tertiary/aromatic N) is 3. The molecule has 0 aliphatic carbocycles. The van der Waals surface area contributed by atoms with Gasteiger partial charge in [-0.05, 0) is 48.9 Å². The van der Waals surface area contributed by atoms with Gasteiger partial charge in [-0.2, -0.15) is 5.26 Å². The molecule has 29 heavy (non-hydrogen) atoms. The Labute approximate surface area is 173 Å². The summed E-state index contributed by atoms with van der Waals surface area (Å²) in [6, 6.07) is 22.4. The molecule has 2 N–H and O–H groups in total. The molecule has 2 atom stereocenters. The molecule has 2 bridgehead atoms. The van der Waals surface area contributed by atoms with Crippen LogP contribution in [0, 0.1) is 11.3 Å². The van der Waals surface area contributed by atoms with Crippen molar-refractivity contribution in [2.24, 2.45) is 4.99 Å². The summed E-state index contributed by atoms with van der Waals surface area (Å²) in [5.41, 5.74) is 3.24. The summed E-state index contributed by atoms with van der Waals surface area (Å²) in [5.74, 6) is 0.857. The van der Waals surface area contributed by atoms with Crippen molar-refractivity contribution in [3.05, 3.63) is 71.3 Å². The van der Waals surface area contributed by atoms with Gasteiger partial charge in [0.1, 0.15) is 0 Å². The average Bonchev–Trinajstić information content (AvgIpc) is 2.99. The second-order valence-corrected chi connectivity index (χ2v) is 8.09. The Morgan fingerprint density at radius 1 is 1.03 bits per heavy atom. The number of piperidine rings is 1. The van der Waals surface area contributed by atoms with Gasteiger partial charge in [0.2, 0.25) is 0 Å². The number of hydrogen-bond acceptors (Lipinski definition) is 3. The van der Waals surface area contributed by atoms with E-state index in [0.29, 0.717) is 30.2 Å². The first-order valence-electron chi connectivity index (χ1n) is 10.5. The van der Waals surface area contributed by atoms with Gasteiger partial charge >= 0.3 is 0 Å². The van der Waals surface area contributed by atoms with Gasteiger partial charge in [0.25, 0.3) is 0 Å². The van der Waals surface area contributed by atoms with E-state index in [4.69, 9.17) is 5.26 Å². The van der Waals surface area contributed by atoms with Crippen LogP contribution in [0.1, 0.15) is 42.4 Å². The molecule has 150 valence electrons. The van der Waals surface area contributed by atoms with Gasteiger partial charge in [0, 0.05) is 38.3 Å². The highest BCUT2D eigenvalue weighted by atomic mass is 15.2. The fourth-order valence-corrected chi connectivity index (χ4v) is 4.72. The SMILES string of the molecule is CN=C(NCc1ccc(C#N)cc1)NC1CC2CCC(C1)N2Cc1ccccc1. The van der Waals surface area contributed by atoms with Crippen LogP contribution in [0.25, 0.3) is 0 Å². The van der Waals surface area contributed by atoms with Crippen molar-refractivity contribution in [1.82, 2.24) is 15.5 Å². The number of benzene rings is 2. The van der Waals surface area contributed by atoms with Crippen molar-refractivity contribution >= 4 is 5.96 Å². The summed E-state index contributed by atoms with van der Waals surface area (Å²) in [4.78, 5) is 7.13. The number of guanidine groups is 1. The minimum absolute atomic E-state index is 0.465. The van der Waals surface area contributed by atoms with Crippen molar-refractivity contribution in [3.8, 4) is 6.07 Å². The quantitative estimate of drug-likeness (QED) is 0.610. The van der Waals surface area contributed by atoms with Gasteiger partial charge in [-0.15, -0.1) is 0 Å². The van der Waals surface area contributed by atoms with Crippen molar-refractivity contribution in [3.63, 3.8) is 0 Å². The standard InChI is InChI=1S/C24H29N5/c1-26-24(27-16-19-9-7-18(15-25)8-10-19)28-21-13-22-11-12-23(14-21)29(22)17-20-5-3-2-4-6-20/h2-10,21-23H,11-14,16-17H2,1H3,(H2,26,27,28). The van der Waals surface area contributed by atoms with E-state index in [1.54, 1.807) is 0 Å². The van der Waals surface area contributed by atoms with Crippen LogP contribution in [0.2, 0.25) is 0 Å². The summed E-state index contributed by atoms with van der Waals surface area (Å²) >= 11 is 0. The molecule has 2 aromatic carbocycles. The first-order chi connectivity index (χ1) is 14.2. The predicted octanol–water partition coefficient (Wildman–Crippen LogP) is 3.42. The maximum atomic E-state index is 8.92. The topological polar surface area (TPSA) is 63.5 Å². The third-order valence-electron chi connectivity index (χ3n) is 6.20. The summed E-state index contributed by atoms with van der Waals surface area (Å²) in [6.07, 6.45) is 4.93. The number of aliphatic imine (C=N–C) groups is 1. The lowest BCUT2D eigenvalue weighted by molar-refractivity contribution is 0.114. The van der Waals surface area contributed by atoms with Gasteiger partial charge in [-0.3, -0.25) is 9.89 Å². The fraction of sp³-hybridized carbons (Fsp3) is 0.417. The summed E-state index contributed by atoms with van der Waals surface area (Å²) < 4.78 is 0. The van der Waals surface area contributed by atoms with Crippen LogP contribution in [0.5, 0.6) is 0 Å². The van der Waals surface area contributed by atoms with E-state index in [1.807, 2.05) is 31.3 Å². The lowest BCUT2D eigenvalue weighted by atomic mass is 9.96. The smallest absolute Gasteiger partial charge is 0.191 e. The monoisotopic (exact) mass is 387 g/mol.